The average Bonchev–Trinajstić information content (AvgIpc) is 2.97. The average molecular weight is 218 g/mol. The van der Waals surface area contributed by atoms with Crippen molar-refractivity contribution in [3.05, 3.63) is 24.6 Å². The Balaban J connectivity index is 1.75. The van der Waals surface area contributed by atoms with Crippen LogP contribution in [0.15, 0.2) is 29.0 Å². The van der Waals surface area contributed by atoms with Gasteiger partial charge in [-0.25, -0.2) is 4.98 Å². The fourth-order valence-electron chi connectivity index (χ4n) is 2.07. The second kappa shape index (κ2) is 4.14. The summed E-state index contributed by atoms with van der Waals surface area (Å²) in [5.41, 5.74) is 1.58. The van der Waals surface area contributed by atoms with E-state index in [4.69, 9.17) is 9.15 Å². The third kappa shape index (κ3) is 1.76. The van der Waals surface area contributed by atoms with Crippen LogP contribution in [0.4, 0.5) is 0 Å². The first-order chi connectivity index (χ1) is 7.93. The molecule has 4 nitrogen and oxygen atoms in total. The lowest BCUT2D eigenvalue weighted by atomic mass is 10.2. The molecule has 1 fully saturated rings. The van der Waals surface area contributed by atoms with Gasteiger partial charge in [0.2, 0.25) is 0 Å². The van der Waals surface area contributed by atoms with Crippen molar-refractivity contribution >= 4 is 11.1 Å². The second-order valence-corrected chi connectivity index (χ2v) is 4.06. The van der Waals surface area contributed by atoms with E-state index < -0.39 is 0 Å². The summed E-state index contributed by atoms with van der Waals surface area (Å²) in [6.45, 7) is 1.80. The molecule has 4 heteroatoms. The van der Waals surface area contributed by atoms with Gasteiger partial charge in [-0.3, -0.25) is 0 Å². The maximum atomic E-state index is 5.78. The smallest absolute Gasteiger partial charge is 0.182 e. The van der Waals surface area contributed by atoms with Crippen LogP contribution in [0.25, 0.3) is 11.1 Å². The normalized spacial score (nSPS) is 20.4. The van der Waals surface area contributed by atoms with Crippen molar-refractivity contribution in [3.8, 4) is 5.75 Å². The molecule has 1 aromatic heterocycles. The van der Waals surface area contributed by atoms with Crippen LogP contribution in [0.2, 0.25) is 0 Å². The highest BCUT2D eigenvalue weighted by Gasteiger charge is 2.15. The summed E-state index contributed by atoms with van der Waals surface area (Å²) in [4.78, 5) is 4.15. The Kier molecular flexibility index (Phi) is 2.50. The van der Waals surface area contributed by atoms with E-state index in [1.807, 2.05) is 18.2 Å². The van der Waals surface area contributed by atoms with Gasteiger partial charge in [-0.2, -0.15) is 0 Å². The highest BCUT2D eigenvalue weighted by atomic mass is 16.5. The zero-order chi connectivity index (χ0) is 10.8. The van der Waals surface area contributed by atoms with Crippen molar-refractivity contribution in [1.29, 1.82) is 0 Å². The van der Waals surface area contributed by atoms with Crippen LogP contribution < -0.4 is 10.1 Å². The molecule has 1 unspecified atom stereocenters. The molecule has 0 bridgehead atoms. The monoisotopic (exact) mass is 218 g/mol. The number of nitrogens with one attached hydrogen (secondary N) is 1. The van der Waals surface area contributed by atoms with E-state index in [1.54, 1.807) is 0 Å². The molecule has 0 radical (unpaired) electrons. The van der Waals surface area contributed by atoms with E-state index in [2.05, 4.69) is 10.3 Å². The van der Waals surface area contributed by atoms with Gasteiger partial charge in [-0.15, -0.1) is 0 Å². The SMILES string of the molecule is c1cc(OCC2CCCN2)c2ncoc2c1. The lowest BCUT2D eigenvalue weighted by Crippen LogP contribution is -2.28. The van der Waals surface area contributed by atoms with Crippen LogP contribution in [-0.4, -0.2) is 24.2 Å². The molecule has 2 aromatic rings. The number of hydrogen-bond donors (Lipinski definition) is 1. The summed E-state index contributed by atoms with van der Waals surface area (Å²) in [6, 6.07) is 6.22. The number of fused-ring (bicyclic) bond motifs is 1. The molecule has 3 rings (SSSR count). The van der Waals surface area contributed by atoms with Crippen LogP contribution in [0.1, 0.15) is 12.8 Å². The Morgan fingerprint density at radius 2 is 2.50 bits per heavy atom. The van der Waals surface area contributed by atoms with E-state index in [0.717, 1.165) is 23.4 Å². The maximum Gasteiger partial charge on any atom is 0.182 e. The molecule has 0 amide bonds. The first kappa shape index (κ1) is 9.66. The summed E-state index contributed by atoms with van der Waals surface area (Å²) >= 11 is 0. The van der Waals surface area contributed by atoms with Gasteiger partial charge >= 0.3 is 0 Å². The number of hydrogen-bond acceptors (Lipinski definition) is 4. The van der Waals surface area contributed by atoms with Crippen molar-refractivity contribution in [2.45, 2.75) is 18.9 Å². The summed E-state index contributed by atoms with van der Waals surface area (Å²) < 4.78 is 11.0. The molecule has 2 heterocycles. The zero-order valence-corrected chi connectivity index (χ0v) is 8.98. The molecular weight excluding hydrogens is 204 g/mol. The Labute approximate surface area is 93.6 Å². The number of ether oxygens (including phenoxy) is 1. The molecule has 0 spiro atoms. The number of aromatic nitrogens is 1. The Morgan fingerprint density at radius 1 is 1.50 bits per heavy atom. The summed E-state index contributed by atoms with van der Waals surface area (Å²) in [7, 11) is 0. The van der Waals surface area contributed by atoms with Crippen molar-refractivity contribution in [2.24, 2.45) is 0 Å². The van der Waals surface area contributed by atoms with E-state index in [1.165, 1.54) is 19.2 Å². The minimum absolute atomic E-state index is 0.474. The van der Waals surface area contributed by atoms with Crippen LogP contribution in [0, 0.1) is 0 Å². The molecule has 1 aromatic carbocycles. The predicted octanol–water partition coefficient (Wildman–Crippen LogP) is 1.96. The third-order valence-corrected chi connectivity index (χ3v) is 2.93. The third-order valence-electron chi connectivity index (χ3n) is 2.93. The topological polar surface area (TPSA) is 47.3 Å². The Bertz CT molecular complexity index is 475. The first-order valence-corrected chi connectivity index (χ1v) is 5.62. The van der Waals surface area contributed by atoms with Gasteiger partial charge in [-0.05, 0) is 31.5 Å². The van der Waals surface area contributed by atoms with Gasteiger partial charge in [0.1, 0.15) is 12.4 Å². The Morgan fingerprint density at radius 3 is 3.38 bits per heavy atom. The number of oxazole rings is 1. The van der Waals surface area contributed by atoms with E-state index >= 15 is 0 Å². The van der Waals surface area contributed by atoms with Crippen LogP contribution in [0.5, 0.6) is 5.75 Å². The van der Waals surface area contributed by atoms with Gasteiger partial charge in [0.05, 0.1) is 0 Å². The van der Waals surface area contributed by atoms with Gasteiger partial charge in [-0.1, -0.05) is 6.07 Å². The molecular formula is C12H14N2O2. The molecule has 0 saturated carbocycles. The highest BCUT2D eigenvalue weighted by Crippen LogP contribution is 2.24. The highest BCUT2D eigenvalue weighted by molar-refractivity contribution is 5.79. The number of benzene rings is 1. The van der Waals surface area contributed by atoms with E-state index in [0.29, 0.717) is 12.6 Å². The van der Waals surface area contributed by atoms with E-state index in [9.17, 15) is 0 Å². The van der Waals surface area contributed by atoms with Crippen molar-refractivity contribution in [2.75, 3.05) is 13.2 Å². The minimum atomic E-state index is 0.474. The largest absolute Gasteiger partial charge is 0.490 e. The Hall–Kier alpha value is -1.55. The maximum absolute atomic E-state index is 5.78. The van der Waals surface area contributed by atoms with Crippen molar-refractivity contribution in [1.82, 2.24) is 10.3 Å². The van der Waals surface area contributed by atoms with Crippen LogP contribution in [-0.2, 0) is 0 Å². The predicted molar refractivity (Wildman–Crippen MR) is 60.5 cm³/mol. The molecule has 1 N–H and O–H groups in total. The summed E-state index contributed by atoms with van der Waals surface area (Å²) in [5.74, 6) is 0.806. The lowest BCUT2D eigenvalue weighted by Gasteiger charge is -2.11. The van der Waals surface area contributed by atoms with Gasteiger partial charge in [0.25, 0.3) is 0 Å². The van der Waals surface area contributed by atoms with E-state index in [-0.39, 0.29) is 0 Å². The van der Waals surface area contributed by atoms with Crippen LogP contribution in [0.3, 0.4) is 0 Å². The van der Waals surface area contributed by atoms with Gasteiger partial charge in [0, 0.05) is 6.04 Å². The number of para-hydroxylation sites is 1. The van der Waals surface area contributed by atoms with Crippen molar-refractivity contribution < 1.29 is 9.15 Å². The number of rotatable bonds is 3. The molecule has 1 saturated heterocycles. The quantitative estimate of drug-likeness (QED) is 0.855. The molecule has 84 valence electrons. The zero-order valence-electron chi connectivity index (χ0n) is 8.98. The fraction of sp³-hybridized carbons (Fsp3) is 0.417. The molecule has 1 aliphatic rings. The molecule has 1 aliphatic heterocycles. The van der Waals surface area contributed by atoms with Gasteiger partial charge < -0.3 is 14.5 Å². The first-order valence-electron chi connectivity index (χ1n) is 5.62. The van der Waals surface area contributed by atoms with Crippen LogP contribution >= 0.6 is 0 Å². The molecule has 16 heavy (non-hydrogen) atoms. The molecule has 1 atom stereocenters. The fourth-order valence-corrected chi connectivity index (χ4v) is 2.07. The minimum Gasteiger partial charge on any atom is -0.490 e. The second-order valence-electron chi connectivity index (χ2n) is 4.06. The summed E-state index contributed by atoms with van der Waals surface area (Å²) in [5, 5.41) is 3.40. The summed E-state index contributed by atoms with van der Waals surface area (Å²) in [6.07, 6.45) is 3.88. The van der Waals surface area contributed by atoms with Gasteiger partial charge in [0.15, 0.2) is 17.5 Å². The standard InChI is InChI=1S/C12H14N2O2/c1-4-10(12-11(5-1)16-8-14-12)15-7-9-3-2-6-13-9/h1,4-5,8-9,13H,2-3,6-7H2. The molecule has 0 aliphatic carbocycles. The number of nitrogens with zero attached hydrogens (tertiary/aromatic N) is 1. The van der Waals surface area contributed by atoms with Crippen molar-refractivity contribution in [3.63, 3.8) is 0 Å². The lowest BCUT2D eigenvalue weighted by molar-refractivity contribution is 0.280.